The molecular formula is C7H11IO4. The first-order chi connectivity index (χ1) is 5.63. The lowest BCUT2D eigenvalue weighted by molar-refractivity contribution is -0.152. The molecule has 0 N–H and O–H groups in total. The molecule has 0 heterocycles. The Morgan fingerprint density at radius 1 is 1.17 bits per heavy atom. The normalized spacial score (nSPS) is 9.67. The zero-order valence-electron chi connectivity index (χ0n) is 7.00. The van der Waals surface area contributed by atoms with Crippen molar-refractivity contribution < 1.29 is 19.1 Å². The van der Waals surface area contributed by atoms with Gasteiger partial charge in [0.2, 0.25) is 3.92 Å². The molecule has 12 heavy (non-hydrogen) atoms. The van der Waals surface area contributed by atoms with E-state index in [1.165, 1.54) is 0 Å². The molecule has 4 nitrogen and oxygen atoms in total. The van der Waals surface area contributed by atoms with Crippen LogP contribution >= 0.6 is 22.6 Å². The Morgan fingerprint density at radius 2 is 1.50 bits per heavy atom. The van der Waals surface area contributed by atoms with Crippen LogP contribution in [0.1, 0.15) is 13.8 Å². The molecule has 0 aliphatic heterocycles. The van der Waals surface area contributed by atoms with Gasteiger partial charge >= 0.3 is 11.9 Å². The summed E-state index contributed by atoms with van der Waals surface area (Å²) in [6.07, 6.45) is 0. The maximum atomic E-state index is 10.9. The Labute approximate surface area is 84.7 Å². The van der Waals surface area contributed by atoms with E-state index in [4.69, 9.17) is 0 Å². The monoisotopic (exact) mass is 286 g/mol. The highest BCUT2D eigenvalue weighted by molar-refractivity contribution is 14.1. The number of halogens is 1. The molecule has 5 heteroatoms. The largest absolute Gasteiger partial charge is 0.465 e. The van der Waals surface area contributed by atoms with Gasteiger partial charge in [0.25, 0.3) is 0 Å². The molecule has 0 amide bonds. The first-order valence-corrected chi connectivity index (χ1v) is 4.85. The van der Waals surface area contributed by atoms with Gasteiger partial charge in [-0.05, 0) is 13.8 Å². The van der Waals surface area contributed by atoms with E-state index in [1.54, 1.807) is 36.4 Å². The van der Waals surface area contributed by atoms with Gasteiger partial charge in [-0.15, -0.1) is 0 Å². The zero-order valence-corrected chi connectivity index (χ0v) is 9.16. The molecule has 0 atom stereocenters. The van der Waals surface area contributed by atoms with Crippen LogP contribution in [0.2, 0.25) is 0 Å². The number of carbonyl (C=O) groups excluding carboxylic acids is 2. The highest BCUT2D eigenvalue weighted by Gasteiger charge is 2.25. The van der Waals surface area contributed by atoms with Crippen LogP contribution in [0.3, 0.4) is 0 Å². The smallest absolute Gasteiger partial charge is 0.330 e. The summed E-state index contributed by atoms with van der Waals surface area (Å²) in [5.41, 5.74) is 0. The van der Waals surface area contributed by atoms with E-state index in [1.807, 2.05) is 0 Å². The standard InChI is InChI=1S/C7H11IO4/c1-3-11-6(9)5(8)7(10)12-4-2/h5H,3-4H2,1-2H3. The van der Waals surface area contributed by atoms with Crippen LogP contribution in [0, 0.1) is 0 Å². The highest BCUT2D eigenvalue weighted by atomic mass is 127. The average molecular weight is 286 g/mol. The summed E-state index contributed by atoms with van der Waals surface area (Å²) in [6.45, 7) is 3.92. The molecule has 0 bridgehead atoms. The molecule has 0 aromatic rings. The van der Waals surface area contributed by atoms with Crippen molar-refractivity contribution in [2.24, 2.45) is 0 Å². The number of carbonyl (C=O) groups is 2. The predicted molar refractivity (Wildman–Crippen MR) is 51.1 cm³/mol. The Morgan fingerprint density at radius 3 is 1.75 bits per heavy atom. The minimum Gasteiger partial charge on any atom is -0.465 e. The molecule has 0 saturated heterocycles. The molecule has 0 aromatic heterocycles. The van der Waals surface area contributed by atoms with Crippen LogP contribution in [-0.2, 0) is 19.1 Å². The number of ether oxygens (including phenoxy) is 2. The fraction of sp³-hybridized carbons (Fsp3) is 0.714. The summed E-state index contributed by atoms with van der Waals surface area (Å²) in [5, 5.41) is 0. The molecule has 0 saturated carbocycles. The average Bonchev–Trinajstić information content (AvgIpc) is 2.04. The molecule has 0 spiro atoms. The topological polar surface area (TPSA) is 52.6 Å². The van der Waals surface area contributed by atoms with E-state index in [-0.39, 0.29) is 13.2 Å². The zero-order chi connectivity index (χ0) is 9.56. The lowest BCUT2D eigenvalue weighted by Gasteiger charge is -2.07. The van der Waals surface area contributed by atoms with Crippen molar-refractivity contribution in [3.05, 3.63) is 0 Å². The van der Waals surface area contributed by atoms with Gasteiger partial charge in [-0.1, -0.05) is 22.6 Å². The lowest BCUT2D eigenvalue weighted by Crippen LogP contribution is -2.28. The van der Waals surface area contributed by atoms with Crippen molar-refractivity contribution in [3.63, 3.8) is 0 Å². The summed E-state index contributed by atoms with van der Waals surface area (Å²) in [5.74, 6) is -1.09. The molecule has 0 aliphatic carbocycles. The third-order valence-corrected chi connectivity index (χ3v) is 2.00. The predicted octanol–water partition coefficient (Wildman–Crippen LogP) is 0.916. The van der Waals surface area contributed by atoms with Gasteiger partial charge in [-0.2, -0.15) is 0 Å². The van der Waals surface area contributed by atoms with Crippen molar-refractivity contribution in [1.82, 2.24) is 0 Å². The van der Waals surface area contributed by atoms with E-state index in [2.05, 4.69) is 9.47 Å². The Balaban J connectivity index is 3.91. The van der Waals surface area contributed by atoms with E-state index in [9.17, 15) is 9.59 Å². The third kappa shape index (κ3) is 3.89. The van der Waals surface area contributed by atoms with Crippen molar-refractivity contribution in [3.8, 4) is 0 Å². The van der Waals surface area contributed by atoms with Crippen LogP contribution in [0.5, 0.6) is 0 Å². The van der Waals surface area contributed by atoms with Crippen molar-refractivity contribution in [2.45, 2.75) is 17.8 Å². The second-order valence-electron chi connectivity index (χ2n) is 1.87. The maximum Gasteiger partial charge on any atom is 0.330 e. The second-order valence-corrected chi connectivity index (χ2v) is 3.11. The van der Waals surface area contributed by atoms with Gasteiger partial charge in [0.05, 0.1) is 13.2 Å². The van der Waals surface area contributed by atoms with Gasteiger partial charge in [-0.25, -0.2) is 0 Å². The van der Waals surface area contributed by atoms with Crippen molar-refractivity contribution in [1.29, 1.82) is 0 Å². The fourth-order valence-corrected chi connectivity index (χ4v) is 0.887. The van der Waals surface area contributed by atoms with Crippen LogP contribution in [0.4, 0.5) is 0 Å². The minimum atomic E-state index is -0.845. The maximum absolute atomic E-state index is 10.9. The van der Waals surface area contributed by atoms with Gasteiger partial charge in [0.1, 0.15) is 0 Å². The van der Waals surface area contributed by atoms with E-state index < -0.39 is 15.9 Å². The SMILES string of the molecule is CCOC(=O)C(I)C(=O)OCC. The number of hydrogen-bond donors (Lipinski definition) is 0. The van der Waals surface area contributed by atoms with Crippen molar-refractivity contribution in [2.75, 3.05) is 13.2 Å². The van der Waals surface area contributed by atoms with Gasteiger partial charge in [0.15, 0.2) is 0 Å². The summed E-state index contributed by atoms with van der Waals surface area (Å²) in [6, 6.07) is 0. The number of rotatable bonds is 4. The van der Waals surface area contributed by atoms with E-state index >= 15 is 0 Å². The number of alkyl halides is 1. The third-order valence-electron chi connectivity index (χ3n) is 0.987. The molecule has 0 fully saturated rings. The Bertz CT molecular complexity index is 151. The van der Waals surface area contributed by atoms with Crippen LogP contribution in [-0.4, -0.2) is 29.1 Å². The quantitative estimate of drug-likeness (QED) is 0.334. The van der Waals surface area contributed by atoms with Crippen LogP contribution < -0.4 is 0 Å². The minimum absolute atomic E-state index is 0.276. The van der Waals surface area contributed by atoms with Gasteiger partial charge in [-0.3, -0.25) is 9.59 Å². The molecule has 0 rings (SSSR count). The van der Waals surface area contributed by atoms with Crippen LogP contribution in [0.25, 0.3) is 0 Å². The fourth-order valence-electron chi connectivity index (χ4n) is 0.527. The molecule has 0 unspecified atom stereocenters. The molecule has 70 valence electrons. The number of esters is 2. The highest BCUT2D eigenvalue weighted by Crippen LogP contribution is 2.05. The summed E-state index contributed by atoms with van der Waals surface area (Å²) in [4.78, 5) is 21.9. The first kappa shape index (κ1) is 11.7. The molecule has 0 radical (unpaired) electrons. The van der Waals surface area contributed by atoms with Crippen LogP contribution in [0.15, 0.2) is 0 Å². The molecule has 0 aliphatic rings. The van der Waals surface area contributed by atoms with E-state index in [0.29, 0.717) is 0 Å². The van der Waals surface area contributed by atoms with Gasteiger partial charge in [0, 0.05) is 0 Å². The Hall–Kier alpha value is -0.330. The summed E-state index contributed by atoms with van der Waals surface area (Å²) < 4.78 is 8.40. The van der Waals surface area contributed by atoms with Crippen molar-refractivity contribution >= 4 is 34.5 Å². The number of hydrogen-bond acceptors (Lipinski definition) is 4. The van der Waals surface area contributed by atoms with Gasteiger partial charge < -0.3 is 9.47 Å². The Kier molecular flexibility index (Phi) is 6.04. The molecular weight excluding hydrogens is 275 g/mol. The second kappa shape index (κ2) is 6.22. The molecule has 0 aromatic carbocycles. The first-order valence-electron chi connectivity index (χ1n) is 3.60. The van der Waals surface area contributed by atoms with E-state index in [0.717, 1.165) is 0 Å². The lowest BCUT2D eigenvalue weighted by atomic mass is 10.4. The summed E-state index contributed by atoms with van der Waals surface area (Å²) >= 11 is 1.69. The summed E-state index contributed by atoms with van der Waals surface area (Å²) in [7, 11) is 0.